The van der Waals surface area contributed by atoms with E-state index in [4.69, 9.17) is 0 Å². The lowest BCUT2D eigenvalue weighted by atomic mass is 10.0. The van der Waals surface area contributed by atoms with Crippen molar-refractivity contribution in [2.45, 2.75) is 13.0 Å². The van der Waals surface area contributed by atoms with Gasteiger partial charge in [-0.3, -0.25) is 9.59 Å². The number of hydrogen-bond acceptors (Lipinski definition) is 4. The topological polar surface area (TPSA) is 72.0 Å². The van der Waals surface area contributed by atoms with Crippen LogP contribution in [0.3, 0.4) is 0 Å². The van der Waals surface area contributed by atoms with E-state index in [0.717, 1.165) is 0 Å². The number of carbonyl (C=O) groups excluding carboxylic acids is 2. The number of ketones is 1. The molecule has 102 valence electrons. The van der Waals surface area contributed by atoms with Crippen LogP contribution in [-0.4, -0.2) is 21.7 Å². The molecule has 1 heterocycles. The Bertz CT molecular complexity index is 614. The fourth-order valence-corrected chi connectivity index (χ4v) is 1.74. The molecule has 0 fully saturated rings. The fourth-order valence-electron chi connectivity index (χ4n) is 1.74. The average Bonchev–Trinajstić information content (AvgIpc) is 2.46. The summed E-state index contributed by atoms with van der Waals surface area (Å²) < 4.78 is 12.9. The lowest BCUT2D eigenvalue weighted by Crippen LogP contribution is -2.32. The Morgan fingerprint density at radius 3 is 2.45 bits per heavy atom. The molecule has 0 aliphatic heterocycles. The van der Waals surface area contributed by atoms with E-state index < -0.39 is 11.9 Å². The number of nitrogens with zero attached hydrogens (tertiary/aromatic N) is 2. The Kier molecular flexibility index (Phi) is 4.14. The van der Waals surface area contributed by atoms with Crippen molar-refractivity contribution in [2.75, 3.05) is 0 Å². The maximum Gasteiger partial charge on any atom is 0.217 e. The molecule has 20 heavy (non-hydrogen) atoms. The maximum atomic E-state index is 12.9. The first kappa shape index (κ1) is 13.8. The quantitative estimate of drug-likeness (QED) is 0.860. The SMILES string of the molecule is CC(=O)N[C@H](C(=O)c1ccncn1)c1ccc(F)cc1. The van der Waals surface area contributed by atoms with Crippen LogP contribution in [0, 0.1) is 5.82 Å². The normalized spacial score (nSPS) is 11.7. The summed E-state index contributed by atoms with van der Waals surface area (Å²) in [5, 5.41) is 2.54. The second-order valence-electron chi connectivity index (χ2n) is 4.14. The van der Waals surface area contributed by atoms with Crippen LogP contribution in [0.4, 0.5) is 4.39 Å². The molecule has 0 bridgehead atoms. The standard InChI is InChI=1S/C14H12FN3O2/c1-9(19)18-13(10-2-4-11(15)5-3-10)14(20)12-6-7-16-8-17-12/h2-8,13H,1H3,(H,18,19)/t13-/m0/s1. The van der Waals surface area contributed by atoms with Gasteiger partial charge in [0.05, 0.1) is 0 Å². The minimum absolute atomic E-state index is 0.183. The Balaban J connectivity index is 2.35. The van der Waals surface area contributed by atoms with Gasteiger partial charge in [-0.1, -0.05) is 12.1 Å². The molecule has 2 aromatic rings. The summed E-state index contributed by atoms with van der Waals surface area (Å²) in [5.74, 6) is -1.15. The molecule has 0 saturated heterocycles. The molecule has 1 aromatic heterocycles. The first-order valence-corrected chi connectivity index (χ1v) is 5.90. The zero-order valence-corrected chi connectivity index (χ0v) is 10.7. The van der Waals surface area contributed by atoms with Gasteiger partial charge in [0.25, 0.3) is 0 Å². The number of carbonyl (C=O) groups is 2. The molecule has 1 N–H and O–H groups in total. The number of amides is 1. The second-order valence-corrected chi connectivity index (χ2v) is 4.14. The van der Waals surface area contributed by atoms with Gasteiger partial charge in [0.1, 0.15) is 23.9 Å². The molecule has 2 rings (SSSR count). The first-order valence-electron chi connectivity index (χ1n) is 5.90. The molecule has 0 saturated carbocycles. The van der Waals surface area contributed by atoms with Crippen LogP contribution in [0.2, 0.25) is 0 Å². The average molecular weight is 273 g/mol. The summed E-state index contributed by atoms with van der Waals surface area (Å²) in [7, 11) is 0. The van der Waals surface area contributed by atoms with Gasteiger partial charge >= 0.3 is 0 Å². The van der Waals surface area contributed by atoms with E-state index in [0.29, 0.717) is 5.56 Å². The van der Waals surface area contributed by atoms with Crippen molar-refractivity contribution >= 4 is 11.7 Å². The van der Waals surface area contributed by atoms with Crippen LogP contribution >= 0.6 is 0 Å². The third-order valence-electron chi connectivity index (χ3n) is 2.65. The molecular formula is C14H12FN3O2. The van der Waals surface area contributed by atoms with Gasteiger partial charge in [0.15, 0.2) is 0 Å². The molecule has 5 nitrogen and oxygen atoms in total. The minimum Gasteiger partial charge on any atom is -0.342 e. The summed E-state index contributed by atoms with van der Waals surface area (Å²) in [6.45, 7) is 1.31. The number of aromatic nitrogens is 2. The van der Waals surface area contributed by atoms with Crippen LogP contribution in [-0.2, 0) is 4.79 Å². The summed E-state index contributed by atoms with van der Waals surface area (Å²) in [4.78, 5) is 31.2. The van der Waals surface area contributed by atoms with Crippen molar-refractivity contribution < 1.29 is 14.0 Å². The van der Waals surface area contributed by atoms with Crippen molar-refractivity contribution in [3.05, 3.63) is 59.9 Å². The molecule has 1 aromatic carbocycles. The Labute approximate surface area is 114 Å². The van der Waals surface area contributed by atoms with Crippen LogP contribution in [0.5, 0.6) is 0 Å². The maximum absolute atomic E-state index is 12.9. The lowest BCUT2D eigenvalue weighted by Gasteiger charge is -2.16. The summed E-state index contributed by atoms with van der Waals surface area (Å²) >= 11 is 0. The fraction of sp³-hybridized carbons (Fsp3) is 0.143. The van der Waals surface area contributed by atoms with Crippen LogP contribution < -0.4 is 5.32 Å². The van der Waals surface area contributed by atoms with E-state index in [1.807, 2.05) is 0 Å². The highest BCUT2D eigenvalue weighted by molar-refractivity contribution is 6.00. The molecule has 0 unspecified atom stereocenters. The number of halogens is 1. The number of hydrogen-bond donors (Lipinski definition) is 1. The Morgan fingerprint density at radius 2 is 1.90 bits per heavy atom. The van der Waals surface area contributed by atoms with Gasteiger partial charge in [-0.15, -0.1) is 0 Å². The second kappa shape index (κ2) is 6.01. The van der Waals surface area contributed by atoms with Crippen LogP contribution in [0.1, 0.15) is 29.0 Å². The summed E-state index contributed by atoms with van der Waals surface area (Å²) in [6, 6.07) is 5.93. The van der Waals surface area contributed by atoms with E-state index in [1.165, 1.54) is 49.8 Å². The van der Waals surface area contributed by atoms with Crippen molar-refractivity contribution in [3.63, 3.8) is 0 Å². The number of benzene rings is 1. The van der Waals surface area contributed by atoms with E-state index in [-0.39, 0.29) is 17.4 Å². The Morgan fingerprint density at radius 1 is 1.20 bits per heavy atom. The third-order valence-corrected chi connectivity index (χ3v) is 2.65. The highest BCUT2D eigenvalue weighted by atomic mass is 19.1. The molecular weight excluding hydrogens is 261 g/mol. The minimum atomic E-state index is -0.900. The zero-order valence-electron chi connectivity index (χ0n) is 10.7. The van der Waals surface area contributed by atoms with E-state index in [2.05, 4.69) is 15.3 Å². The van der Waals surface area contributed by atoms with Gasteiger partial charge in [0.2, 0.25) is 11.7 Å². The first-order chi connectivity index (χ1) is 9.58. The predicted molar refractivity (Wildman–Crippen MR) is 69.3 cm³/mol. The molecule has 0 aliphatic carbocycles. The third kappa shape index (κ3) is 3.23. The highest BCUT2D eigenvalue weighted by Gasteiger charge is 2.23. The lowest BCUT2D eigenvalue weighted by molar-refractivity contribution is -0.119. The van der Waals surface area contributed by atoms with Gasteiger partial charge < -0.3 is 5.32 Å². The van der Waals surface area contributed by atoms with E-state index in [9.17, 15) is 14.0 Å². The largest absolute Gasteiger partial charge is 0.342 e. The van der Waals surface area contributed by atoms with Crippen molar-refractivity contribution in [1.82, 2.24) is 15.3 Å². The van der Waals surface area contributed by atoms with Gasteiger partial charge in [-0.2, -0.15) is 0 Å². The van der Waals surface area contributed by atoms with E-state index in [1.54, 1.807) is 0 Å². The molecule has 1 amide bonds. The summed E-state index contributed by atoms with van der Waals surface area (Å²) in [6.07, 6.45) is 2.69. The van der Waals surface area contributed by atoms with Gasteiger partial charge in [-0.05, 0) is 23.8 Å². The number of Topliss-reactive ketones (excluding diaryl/α,β-unsaturated/α-hetero) is 1. The van der Waals surface area contributed by atoms with Crippen LogP contribution in [0.15, 0.2) is 42.9 Å². The summed E-state index contributed by atoms with van der Waals surface area (Å²) in [5.41, 5.74) is 0.674. The Hall–Kier alpha value is -2.63. The zero-order chi connectivity index (χ0) is 14.5. The molecule has 6 heteroatoms. The molecule has 0 radical (unpaired) electrons. The van der Waals surface area contributed by atoms with E-state index >= 15 is 0 Å². The van der Waals surface area contributed by atoms with Crippen molar-refractivity contribution in [3.8, 4) is 0 Å². The molecule has 1 atom stereocenters. The van der Waals surface area contributed by atoms with Gasteiger partial charge in [-0.25, -0.2) is 14.4 Å². The molecule has 0 spiro atoms. The monoisotopic (exact) mass is 273 g/mol. The number of rotatable bonds is 4. The van der Waals surface area contributed by atoms with Crippen LogP contribution in [0.25, 0.3) is 0 Å². The highest BCUT2D eigenvalue weighted by Crippen LogP contribution is 2.18. The van der Waals surface area contributed by atoms with Crippen molar-refractivity contribution in [2.24, 2.45) is 0 Å². The smallest absolute Gasteiger partial charge is 0.217 e. The molecule has 0 aliphatic rings. The number of nitrogens with one attached hydrogen (secondary N) is 1. The van der Waals surface area contributed by atoms with Crippen molar-refractivity contribution in [1.29, 1.82) is 0 Å². The predicted octanol–water partition coefficient (Wildman–Crippen LogP) is 1.68. The van der Waals surface area contributed by atoms with Gasteiger partial charge in [0, 0.05) is 13.1 Å².